The van der Waals surface area contributed by atoms with Gasteiger partial charge in [-0.25, -0.2) is 0 Å². The number of ether oxygens (including phenoxy) is 3. The van der Waals surface area contributed by atoms with Crippen molar-refractivity contribution in [1.29, 1.82) is 0 Å². The first kappa shape index (κ1) is 12.4. The molecule has 2 N–H and O–H groups in total. The molecule has 0 atom stereocenters. The van der Waals surface area contributed by atoms with Crippen LogP contribution in [-0.4, -0.2) is 27.9 Å². The lowest BCUT2D eigenvalue weighted by Crippen LogP contribution is -2.02. The summed E-state index contributed by atoms with van der Waals surface area (Å²) < 4.78 is 15.7. The molecule has 0 spiro atoms. The molecule has 4 nitrogen and oxygen atoms in total. The molecule has 0 unspecified atom stereocenters. The molecule has 0 amide bonds. The van der Waals surface area contributed by atoms with Gasteiger partial charge in [-0.2, -0.15) is 0 Å². The van der Waals surface area contributed by atoms with Crippen LogP contribution in [0.15, 0.2) is 18.7 Å². The van der Waals surface area contributed by atoms with Gasteiger partial charge in [-0.15, -0.1) is 0 Å². The second-order valence-electron chi connectivity index (χ2n) is 3.22. The third kappa shape index (κ3) is 2.28. The normalized spacial score (nSPS) is 9.75. The predicted octanol–water partition coefficient (Wildman–Crippen LogP) is 1.68. The first-order valence-electron chi connectivity index (χ1n) is 4.86. The van der Waals surface area contributed by atoms with E-state index in [0.29, 0.717) is 23.8 Å². The SMILES string of the molecule is C=C(CN)c1cc(OC)c(OC)c(OC)c1. The van der Waals surface area contributed by atoms with Gasteiger partial charge in [-0.1, -0.05) is 6.58 Å². The lowest BCUT2D eigenvalue weighted by molar-refractivity contribution is 0.324. The predicted molar refractivity (Wildman–Crippen MR) is 64.2 cm³/mol. The van der Waals surface area contributed by atoms with Crippen molar-refractivity contribution in [3.8, 4) is 17.2 Å². The van der Waals surface area contributed by atoms with Crippen molar-refractivity contribution in [2.75, 3.05) is 27.9 Å². The fourth-order valence-corrected chi connectivity index (χ4v) is 1.40. The van der Waals surface area contributed by atoms with E-state index in [0.717, 1.165) is 11.1 Å². The number of hydrogen-bond acceptors (Lipinski definition) is 4. The van der Waals surface area contributed by atoms with Gasteiger partial charge in [0.1, 0.15) is 0 Å². The molecule has 0 aliphatic heterocycles. The second-order valence-corrected chi connectivity index (χ2v) is 3.22. The maximum absolute atomic E-state index is 5.55. The van der Waals surface area contributed by atoms with Crippen LogP contribution >= 0.6 is 0 Å². The Morgan fingerprint density at radius 2 is 1.62 bits per heavy atom. The molecule has 1 aromatic carbocycles. The molecule has 16 heavy (non-hydrogen) atoms. The molecule has 1 aromatic rings. The van der Waals surface area contributed by atoms with Crippen molar-refractivity contribution in [3.05, 3.63) is 24.3 Å². The van der Waals surface area contributed by atoms with Crippen LogP contribution in [0.5, 0.6) is 17.2 Å². The number of hydrogen-bond donors (Lipinski definition) is 1. The highest BCUT2D eigenvalue weighted by atomic mass is 16.5. The fourth-order valence-electron chi connectivity index (χ4n) is 1.40. The number of nitrogens with two attached hydrogens (primary N) is 1. The second kappa shape index (κ2) is 5.42. The largest absolute Gasteiger partial charge is 0.493 e. The van der Waals surface area contributed by atoms with Crippen LogP contribution in [0.25, 0.3) is 5.57 Å². The third-order valence-corrected chi connectivity index (χ3v) is 2.32. The summed E-state index contributed by atoms with van der Waals surface area (Å²) in [5.41, 5.74) is 7.25. The van der Waals surface area contributed by atoms with Crippen molar-refractivity contribution in [1.82, 2.24) is 0 Å². The molecule has 0 aliphatic rings. The van der Waals surface area contributed by atoms with Crippen LogP contribution in [0.3, 0.4) is 0 Å². The highest BCUT2D eigenvalue weighted by molar-refractivity contribution is 5.70. The molecule has 0 aromatic heterocycles. The molecule has 0 aliphatic carbocycles. The summed E-state index contributed by atoms with van der Waals surface area (Å²) in [5.74, 6) is 1.77. The summed E-state index contributed by atoms with van der Waals surface area (Å²) in [4.78, 5) is 0. The van der Waals surface area contributed by atoms with Gasteiger partial charge in [-0.3, -0.25) is 0 Å². The average Bonchev–Trinajstić information content (AvgIpc) is 2.35. The smallest absolute Gasteiger partial charge is 0.203 e. The lowest BCUT2D eigenvalue weighted by Gasteiger charge is -2.14. The van der Waals surface area contributed by atoms with E-state index in [1.54, 1.807) is 21.3 Å². The van der Waals surface area contributed by atoms with E-state index in [-0.39, 0.29) is 0 Å². The van der Waals surface area contributed by atoms with Gasteiger partial charge in [-0.05, 0) is 23.3 Å². The zero-order valence-corrected chi connectivity index (χ0v) is 9.87. The molecule has 0 saturated carbocycles. The minimum atomic E-state index is 0.388. The fraction of sp³-hybridized carbons (Fsp3) is 0.333. The van der Waals surface area contributed by atoms with Crippen molar-refractivity contribution in [3.63, 3.8) is 0 Å². The summed E-state index contributed by atoms with van der Waals surface area (Å²) >= 11 is 0. The highest BCUT2D eigenvalue weighted by Crippen LogP contribution is 2.39. The van der Waals surface area contributed by atoms with Gasteiger partial charge in [0.2, 0.25) is 5.75 Å². The topological polar surface area (TPSA) is 53.7 Å². The maximum atomic E-state index is 5.55. The molecule has 0 bridgehead atoms. The summed E-state index contributed by atoms with van der Waals surface area (Å²) in [7, 11) is 4.72. The molecule has 1 rings (SSSR count). The first-order chi connectivity index (χ1) is 7.67. The van der Waals surface area contributed by atoms with E-state index < -0.39 is 0 Å². The van der Waals surface area contributed by atoms with Crippen molar-refractivity contribution in [2.45, 2.75) is 0 Å². The molecule has 0 saturated heterocycles. The van der Waals surface area contributed by atoms with Crippen LogP contribution in [0.1, 0.15) is 5.56 Å². The molecule has 4 heteroatoms. The van der Waals surface area contributed by atoms with E-state index >= 15 is 0 Å². The Morgan fingerprint density at radius 1 is 1.12 bits per heavy atom. The molecular formula is C12H17NO3. The quantitative estimate of drug-likeness (QED) is 0.825. The zero-order valence-electron chi connectivity index (χ0n) is 9.87. The number of benzene rings is 1. The highest BCUT2D eigenvalue weighted by Gasteiger charge is 2.13. The van der Waals surface area contributed by atoms with Gasteiger partial charge in [0.05, 0.1) is 21.3 Å². The molecule has 0 fully saturated rings. The van der Waals surface area contributed by atoms with E-state index in [4.69, 9.17) is 19.9 Å². The van der Waals surface area contributed by atoms with Gasteiger partial charge < -0.3 is 19.9 Å². The van der Waals surface area contributed by atoms with Gasteiger partial charge in [0.25, 0.3) is 0 Å². The van der Waals surface area contributed by atoms with E-state index in [9.17, 15) is 0 Å². The lowest BCUT2D eigenvalue weighted by atomic mass is 10.1. The monoisotopic (exact) mass is 223 g/mol. The van der Waals surface area contributed by atoms with Crippen LogP contribution in [0.4, 0.5) is 0 Å². The Bertz CT molecular complexity index is 363. The van der Waals surface area contributed by atoms with Crippen LogP contribution < -0.4 is 19.9 Å². The number of methoxy groups -OCH3 is 3. The van der Waals surface area contributed by atoms with Gasteiger partial charge in [0, 0.05) is 6.54 Å². The Hall–Kier alpha value is -1.68. The Morgan fingerprint density at radius 3 is 1.94 bits per heavy atom. The van der Waals surface area contributed by atoms with Gasteiger partial charge in [0.15, 0.2) is 11.5 Å². The van der Waals surface area contributed by atoms with Crippen molar-refractivity contribution in [2.24, 2.45) is 5.73 Å². The van der Waals surface area contributed by atoms with Gasteiger partial charge >= 0.3 is 0 Å². The van der Waals surface area contributed by atoms with Crippen LogP contribution in [0.2, 0.25) is 0 Å². The van der Waals surface area contributed by atoms with Crippen LogP contribution in [-0.2, 0) is 0 Å². The maximum Gasteiger partial charge on any atom is 0.203 e. The minimum absolute atomic E-state index is 0.388. The van der Waals surface area contributed by atoms with E-state index in [1.165, 1.54) is 0 Å². The van der Waals surface area contributed by atoms with Crippen LogP contribution in [0, 0.1) is 0 Å². The summed E-state index contributed by atoms with van der Waals surface area (Å²) in [6.07, 6.45) is 0. The average molecular weight is 223 g/mol. The summed E-state index contributed by atoms with van der Waals surface area (Å²) in [6.45, 7) is 4.26. The molecule has 0 radical (unpaired) electrons. The first-order valence-corrected chi connectivity index (χ1v) is 4.86. The Labute approximate surface area is 95.6 Å². The minimum Gasteiger partial charge on any atom is -0.493 e. The van der Waals surface area contributed by atoms with Crippen molar-refractivity contribution >= 4 is 5.57 Å². The Balaban J connectivity index is 3.31. The van der Waals surface area contributed by atoms with Crippen molar-refractivity contribution < 1.29 is 14.2 Å². The summed E-state index contributed by atoms with van der Waals surface area (Å²) in [6, 6.07) is 3.66. The Kier molecular flexibility index (Phi) is 4.19. The molecular weight excluding hydrogens is 206 g/mol. The standard InChI is InChI=1S/C12H17NO3/c1-8(7-13)9-5-10(14-2)12(16-4)11(6-9)15-3/h5-6H,1,7,13H2,2-4H3. The summed E-state index contributed by atoms with van der Waals surface area (Å²) in [5, 5.41) is 0. The third-order valence-electron chi connectivity index (χ3n) is 2.32. The molecule has 0 heterocycles. The number of rotatable bonds is 5. The molecule has 88 valence electrons. The zero-order chi connectivity index (χ0) is 12.1. The van der Waals surface area contributed by atoms with E-state index in [1.807, 2.05) is 12.1 Å². The van der Waals surface area contributed by atoms with E-state index in [2.05, 4.69) is 6.58 Å².